The van der Waals surface area contributed by atoms with Crippen LogP contribution in [-0.2, 0) is 0 Å². The van der Waals surface area contributed by atoms with Crippen LogP contribution in [0.4, 0.5) is 11.4 Å². The molecule has 0 radical (unpaired) electrons. The highest BCUT2D eigenvalue weighted by molar-refractivity contribution is 5.82. The Labute approximate surface area is 207 Å². The molecule has 0 N–H and O–H groups in total. The predicted molar refractivity (Wildman–Crippen MR) is 137 cm³/mol. The Morgan fingerprint density at radius 2 is 0.944 bits per heavy atom. The molecule has 0 bridgehead atoms. The van der Waals surface area contributed by atoms with E-state index in [1.165, 1.54) is 46.7 Å². The lowest BCUT2D eigenvalue weighted by molar-refractivity contribution is -0.394. The van der Waals surface area contributed by atoms with Gasteiger partial charge in [0.25, 0.3) is 11.4 Å². The molecule has 3 aromatic rings. The highest BCUT2D eigenvalue weighted by Crippen LogP contribution is 2.34. The summed E-state index contributed by atoms with van der Waals surface area (Å²) in [6, 6.07) is 12.7. The number of hydrogen-bond donors (Lipinski definition) is 0. The maximum atomic E-state index is 11.7. The fourth-order valence-electron chi connectivity index (χ4n) is 3.48. The molecule has 3 rings (SSSR count). The molecule has 10 nitrogen and oxygen atoms in total. The van der Waals surface area contributed by atoms with Crippen LogP contribution in [0.15, 0.2) is 48.5 Å². The Kier molecular flexibility index (Phi) is 8.24. The van der Waals surface area contributed by atoms with Crippen molar-refractivity contribution in [2.75, 3.05) is 28.4 Å². The van der Waals surface area contributed by atoms with Gasteiger partial charge in [-0.15, -0.1) is 0 Å². The Hall–Kier alpha value is -4.86. The van der Waals surface area contributed by atoms with Gasteiger partial charge in [-0.1, -0.05) is 24.3 Å². The third-order valence-corrected chi connectivity index (χ3v) is 5.30. The molecule has 0 aliphatic carbocycles. The monoisotopic (exact) mass is 492 g/mol. The van der Waals surface area contributed by atoms with E-state index in [2.05, 4.69) is 0 Å². The minimum atomic E-state index is -0.650. The smallest absolute Gasteiger partial charge is 0.283 e. The number of rotatable bonds is 10. The molecule has 0 aromatic heterocycles. The molecular weight excluding hydrogens is 468 g/mol. The van der Waals surface area contributed by atoms with Gasteiger partial charge in [0, 0.05) is 0 Å². The first-order valence-electron chi connectivity index (χ1n) is 10.6. The number of benzene rings is 3. The van der Waals surface area contributed by atoms with Gasteiger partial charge in [0.1, 0.15) is 0 Å². The molecule has 0 amide bonds. The van der Waals surface area contributed by atoms with Crippen LogP contribution in [0.3, 0.4) is 0 Å². The molecule has 0 aliphatic heterocycles. The van der Waals surface area contributed by atoms with Gasteiger partial charge in [0.05, 0.1) is 55.5 Å². The van der Waals surface area contributed by atoms with Crippen molar-refractivity contribution in [3.8, 4) is 23.0 Å². The lowest BCUT2D eigenvalue weighted by atomic mass is 10.0. The van der Waals surface area contributed by atoms with Crippen LogP contribution in [0.2, 0.25) is 0 Å². The molecule has 186 valence electrons. The standard InChI is InChI=1S/C26H24N2O8/c1-33-23-11-7-17(13-25(23)35-3)5-9-19-15-20(22(28(31)32)16-21(19)27(29)30)10-6-18-8-12-24(34-2)26(14-18)36-4/h5-16H,1-4H3/b9-5+,10-6+. The molecule has 0 fully saturated rings. The quantitative estimate of drug-likeness (QED) is 0.195. The molecule has 0 heterocycles. The normalized spacial score (nSPS) is 11.0. The van der Waals surface area contributed by atoms with Crippen LogP contribution in [0.1, 0.15) is 22.3 Å². The SMILES string of the molecule is COc1ccc(/C=C/c2cc(/C=C/c3ccc(OC)c(OC)c3)c([N+](=O)[O-])cc2[N+](=O)[O-])cc1OC. The summed E-state index contributed by atoms with van der Waals surface area (Å²) in [5.74, 6) is 2.07. The van der Waals surface area contributed by atoms with E-state index >= 15 is 0 Å². The third-order valence-electron chi connectivity index (χ3n) is 5.30. The van der Waals surface area contributed by atoms with Crippen molar-refractivity contribution in [2.45, 2.75) is 0 Å². The van der Waals surface area contributed by atoms with Crippen molar-refractivity contribution < 1.29 is 28.8 Å². The number of nitro groups is 2. The van der Waals surface area contributed by atoms with E-state index in [1.807, 2.05) is 0 Å². The second-order valence-corrected chi connectivity index (χ2v) is 7.38. The predicted octanol–water partition coefficient (Wildman–Crippen LogP) is 5.88. The maximum Gasteiger partial charge on any atom is 0.283 e. The van der Waals surface area contributed by atoms with Crippen molar-refractivity contribution in [1.82, 2.24) is 0 Å². The van der Waals surface area contributed by atoms with E-state index in [9.17, 15) is 20.2 Å². The number of nitro benzene ring substituents is 2. The summed E-state index contributed by atoms with van der Waals surface area (Å²) in [6.07, 6.45) is 6.35. The van der Waals surface area contributed by atoms with Gasteiger partial charge in [0.15, 0.2) is 23.0 Å². The van der Waals surface area contributed by atoms with Crippen LogP contribution in [0.5, 0.6) is 23.0 Å². The van der Waals surface area contributed by atoms with Gasteiger partial charge in [0.2, 0.25) is 0 Å². The summed E-state index contributed by atoms with van der Waals surface area (Å²) in [5, 5.41) is 23.4. The largest absolute Gasteiger partial charge is 0.493 e. The third kappa shape index (κ3) is 5.79. The molecule has 3 aromatic carbocycles. The lowest BCUT2D eigenvalue weighted by Gasteiger charge is -2.08. The molecule has 0 saturated carbocycles. The molecule has 0 aliphatic rings. The van der Waals surface area contributed by atoms with E-state index in [1.54, 1.807) is 48.6 Å². The van der Waals surface area contributed by atoms with Crippen molar-refractivity contribution in [3.05, 3.63) is 91.0 Å². The van der Waals surface area contributed by atoms with Gasteiger partial charge in [-0.25, -0.2) is 0 Å². The summed E-state index contributed by atoms with van der Waals surface area (Å²) in [4.78, 5) is 22.1. The summed E-state index contributed by atoms with van der Waals surface area (Å²) in [6.45, 7) is 0. The second-order valence-electron chi connectivity index (χ2n) is 7.38. The van der Waals surface area contributed by atoms with E-state index in [4.69, 9.17) is 18.9 Å². The van der Waals surface area contributed by atoms with Crippen LogP contribution in [0, 0.1) is 20.2 Å². The topological polar surface area (TPSA) is 123 Å². The van der Waals surface area contributed by atoms with E-state index in [0.29, 0.717) is 34.1 Å². The van der Waals surface area contributed by atoms with E-state index < -0.39 is 9.85 Å². The Morgan fingerprint density at radius 3 is 1.28 bits per heavy atom. The molecule has 0 saturated heterocycles. The molecule has 10 heteroatoms. The minimum Gasteiger partial charge on any atom is -0.493 e. The zero-order chi connectivity index (χ0) is 26.2. The molecule has 0 spiro atoms. The first-order valence-corrected chi connectivity index (χ1v) is 10.6. The molecule has 0 unspecified atom stereocenters. The summed E-state index contributed by atoms with van der Waals surface area (Å²) in [7, 11) is 6.04. The lowest BCUT2D eigenvalue weighted by Crippen LogP contribution is -1.98. The van der Waals surface area contributed by atoms with Gasteiger partial charge in [-0.2, -0.15) is 0 Å². The summed E-state index contributed by atoms with van der Waals surface area (Å²) >= 11 is 0. The highest BCUT2D eigenvalue weighted by Gasteiger charge is 2.22. The summed E-state index contributed by atoms with van der Waals surface area (Å²) < 4.78 is 21.0. The molecular formula is C26H24N2O8. The fourth-order valence-corrected chi connectivity index (χ4v) is 3.48. The zero-order valence-electron chi connectivity index (χ0n) is 20.1. The highest BCUT2D eigenvalue weighted by atomic mass is 16.6. The average molecular weight is 492 g/mol. The first-order chi connectivity index (χ1) is 17.3. The minimum absolute atomic E-state index is 0.201. The zero-order valence-corrected chi connectivity index (χ0v) is 20.1. The van der Waals surface area contributed by atoms with Crippen LogP contribution < -0.4 is 18.9 Å². The second kappa shape index (κ2) is 11.5. The molecule has 0 atom stereocenters. The van der Waals surface area contributed by atoms with Crippen molar-refractivity contribution in [3.63, 3.8) is 0 Å². The number of methoxy groups -OCH3 is 4. The Morgan fingerprint density at radius 1 is 0.556 bits per heavy atom. The van der Waals surface area contributed by atoms with E-state index in [0.717, 1.165) is 6.07 Å². The first kappa shape index (κ1) is 25.8. The van der Waals surface area contributed by atoms with Gasteiger partial charge < -0.3 is 18.9 Å². The van der Waals surface area contributed by atoms with Crippen molar-refractivity contribution in [1.29, 1.82) is 0 Å². The Balaban J connectivity index is 2.06. The van der Waals surface area contributed by atoms with Gasteiger partial charge in [-0.05, 0) is 53.6 Å². The van der Waals surface area contributed by atoms with Crippen LogP contribution >= 0.6 is 0 Å². The Bertz CT molecular complexity index is 1250. The van der Waals surface area contributed by atoms with Gasteiger partial charge >= 0.3 is 0 Å². The number of hydrogen-bond acceptors (Lipinski definition) is 8. The van der Waals surface area contributed by atoms with Crippen molar-refractivity contribution >= 4 is 35.7 Å². The van der Waals surface area contributed by atoms with Crippen LogP contribution in [0.25, 0.3) is 24.3 Å². The van der Waals surface area contributed by atoms with E-state index in [-0.39, 0.29) is 22.5 Å². The number of ether oxygens (including phenoxy) is 4. The fraction of sp³-hybridized carbons (Fsp3) is 0.154. The summed E-state index contributed by atoms with van der Waals surface area (Å²) in [5.41, 5.74) is 1.02. The maximum absolute atomic E-state index is 11.7. The molecule has 36 heavy (non-hydrogen) atoms. The average Bonchev–Trinajstić information content (AvgIpc) is 2.89. The van der Waals surface area contributed by atoms with Gasteiger partial charge in [-0.3, -0.25) is 20.2 Å². The number of nitrogens with zero attached hydrogens (tertiary/aromatic N) is 2. The van der Waals surface area contributed by atoms with Crippen LogP contribution in [-0.4, -0.2) is 38.3 Å². The van der Waals surface area contributed by atoms with Crippen molar-refractivity contribution in [2.24, 2.45) is 0 Å².